The molecule has 0 unspecified atom stereocenters. The van der Waals surface area contributed by atoms with E-state index in [1.54, 1.807) is 0 Å². The van der Waals surface area contributed by atoms with E-state index < -0.39 is 0 Å². The average molecular weight is 435 g/mol. The third-order valence-corrected chi connectivity index (χ3v) is 6.68. The van der Waals surface area contributed by atoms with Crippen molar-refractivity contribution in [2.24, 2.45) is 0 Å². The van der Waals surface area contributed by atoms with Crippen LogP contribution in [0.3, 0.4) is 0 Å². The summed E-state index contributed by atoms with van der Waals surface area (Å²) in [6.07, 6.45) is 0. The van der Waals surface area contributed by atoms with Gasteiger partial charge in [-0.05, 0) is 104 Å². The van der Waals surface area contributed by atoms with Gasteiger partial charge in [0.1, 0.15) is 0 Å². The smallest absolute Gasteiger partial charge is 0.0171 e. The second kappa shape index (κ2) is 8.32. The van der Waals surface area contributed by atoms with Crippen molar-refractivity contribution in [1.82, 2.24) is 0 Å². The molecule has 0 saturated carbocycles. The Morgan fingerprint density at radius 1 is 0.265 bits per heavy atom. The lowest BCUT2D eigenvalue weighted by atomic mass is 9.99. The molecule has 0 aliphatic heterocycles. The zero-order valence-electron chi connectivity index (χ0n) is 19.5. The Labute approximate surface area is 200 Å². The van der Waals surface area contributed by atoms with Gasteiger partial charge in [-0.15, -0.1) is 0 Å². The molecule has 162 valence electrons. The lowest BCUT2D eigenvalue weighted by Gasteiger charge is -2.05. The molecule has 0 fully saturated rings. The van der Waals surface area contributed by atoms with Crippen LogP contribution >= 0.6 is 0 Å². The molecule has 0 radical (unpaired) electrons. The van der Waals surface area contributed by atoms with Crippen LogP contribution in [0.4, 0.5) is 0 Å². The monoisotopic (exact) mass is 434 g/mol. The summed E-state index contributed by atoms with van der Waals surface area (Å²) in [5, 5.41) is 13.2. The third-order valence-electron chi connectivity index (χ3n) is 6.68. The molecule has 0 aromatic heterocycles. The van der Waals surface area contributed by atoms with Crippen molar-refractivity contribution in [3.8, 4) is 0 Å². The van der Waals surface area contributed by atoms with Gasteiger partial charge in [0, 0.05) is 0 Å². The number of aryl methyl sites for hydroxylation is 2. The lowest BCUT2D eigenvalue weighted by molar-refractivity contribution is 1.51. The first-order valence-corrected chi connectivity index (χ1v) is 11.8. The molecule has 34 heavy (non-hydrogen) atoms. The highest BCUT2D eigenvalue weighted by Gasteiger charge is 2.01. The maximum absolute atomic E-state index is 2.30. The van der Waals surface area contributed by atoms with E-state index in [1.165, 1.54) is 65.0 Å². The highest BCUT2D eigenvalue weighted by Crippen LogP contribution is 2.28. The van der Waals surface area contributed by atoms with Gasteiger partial charge in [0.25, 0.3) is 0 Å². The van der Waals surface area contributed by atoms with Crippen LogP contribution < -0.4 is 0 Å². The molecule has 0 amide bonds. The number of fused-ring (bicyclic) bond motifs is 5. The van der Waals surface area contributed by atoms with Crippen molar-refractivity contribution in [2.75, 3.05) is 0 Å². The zero-order valence-corrected chi connectivity index (χ0v) is 19.5. The molecular weight excluding hydrogens is 408 g/mol. The predicted octanol–water partition coefficient (Wildman–Crippen LogP) is 9.76. The number of hydrogen-bond acceptors (Lipinski definition) is 0. The van der Waals surface area contributed by atoms with E-state index in [2.05, 4.69) is 135 Å². The molecule has 0 spiro atoms. The molecule has 0 saturated heterocycles. The van der Waals surface area contributed by atoms with E-state index in [-0.39, 0.29) is 0 Å². The second-order valence-corrected chi connectivity index (χ2v) is 9.30. The van der Waals surface area contributed by atoms with Crippen LogP contribution in [0.15, 0.2) is 121 Å². The van der Waals surface area contributed by atoms with Gasteiger partial charge in [-0.25, -0.2) is 0 Å². The van der Waals surface area contributed by atoms with Gasteiger partial charge in [-0.2, -0.15) is 0 Å². The molecule has 7 aromatic rings. The van der Waals surface area contributed by atoms with Crippen molar-refractivity contribution in [3.63, 3.8) is 0 Å². The van der Waals surface area contributed by atoms with Crippen molar-refractivity contribution in [1.29, 1.82) is 0 Å². The summed E-state index contributed by atoms with van der Waals surface area (Å²) in [6.45, 7) is 4.28. The minimum absolute atomic E-state index is 1.31. The third kappa shape index (κ3) is 3.89. The van der Waals surface area contributed by atoms with E-state index in [0.717, 1.165) is 0 Å². The molecule has 7 rings (SSSR count). The van der Waals surface area contributed by atoms with E-state index >= 15 is 0 Å². The van der Waals surface area contributed by atoms with Gasteiger partial charge >= 0.3 is 0 Å². The largest absolute Gasteiger partial charge is 0.0616 e. The second-order valence-electron chi connectivity index (χ2n) is 9.30. The number of hydrogen-bond donors (Lipinski definition) is 0. The van der Waals surface area contributed by atoms with E-state index in [4.69, 9.17) is 0 Å². The Morgan fingerprint density at radius 2 is 0.529 bits per heavy atom. The quantitative estimate of drug-likeness (QED) is 0.208. The Hall–Kier alpha value is -4.16. The Bertz CT molecular complexity index is 1820. The van der Waals surface area contributed by atoms with E-state index in [0.29, 0.717) is 0 Å². The molecular formula is C34H26. The molecule has 0 N–H and O–H groups in total. The SMILES string of the molecule is Cc1ccc2cc3cc4ccccc4cc3cc2c1.Cc1ccc2cc3ccccc3cc2c1. The first-order valence-electron chi connectivity index (χ1n) is 11.8. The fourth-order valence-corrected chi connectivity index (χ4v) is 4.87. The Morgan fingerprint density at radius 3 is 0.912 bits per heavy atom. The molecule has 0 aliphatic carbocycles. The van der Waals surface area contributed by atoms with Crippen molar-refractivity contribution < 1.29 is 0 Å². The van der Waals surface area contributed by atoms with E-state index in [1.807, 2.05) is 0 Å². The lowest BCUT2D eigenvalue weighted by Crippen LogP contribution is -1.79. The van der Waals surface area contributed by atoms with Crippen LogP contribution in [0.1, 0.15) is 11.1 Å². The van der Waals surface area contributed by atoms with Crippen LogP contribution in [0.2, 0.25) is 0 Å². The molecule has 0 nitrogen and oxygen atoms in total. The van der Waals surface area contributed by atoms with Crippen molar-refractivity contribution in [2.45, 2.75) is 13.8 Å². The molecule has 0 bridgehead atoms. The molecule has 7 aromatic carbocycles. The average Bonchev–Trinajstić information content (AvgIpc) is 2.85. The normalized spacial score (nSPS) is 11.2. The van der Waals surface area contributed by atoms with Crippen molar-refractivity contribution >= 4 is 53.9 Å². The highest BCUT2D eigenvalue weighted by molar-refractivity contribution is 6.04. The fraction of sp³-hybridized carbons (Fsp3) is 0.0588. The number of rotatable bonds is 0. The maximum atomic E-state index is 2.30. The summed E-state index contributed by atoms with van der Waals surface area (Å²) in [4.78, 5) is 0. The predicted molar refractivity (Wildman–Crippen MR) is 150 cm³/mol. The van der Waals surface area contributed by atoms with Gasteiger partial charge < -0.3 is 0 Å². The Balaban J connectivity index is 0.000000132. The summed E-state index contributed by atoms with van der Waals surface area (Å²) in [5.41, 5.74) is 2.63. The van der Waals surface area contributed by atoms with Crippen molar-refractivity contribution in [3.05, 3.63) is 132 Å². The molecule has 0 atom stereocenters. The van der Waals surface area contributed by atoms with Gasteiger partial charge in [0.15, 0.2) is 0 Å². The maximum Gasteiger partial charge on any atom is -0.0171 e. The van der Waals surface area contributed by atoms with Crippen LogP contribution in [0, 0.1) is 13.8 Å². The highest BCUT2D eigenvalue weighted by atomic mass is 14.1. The minimum atomic E-state index is 1.31. The van der Waals surface area contributed by atoms with Crippen LogP contribution in [-0.4, -0.2) is 0 Å². The first-order chi connectivity index (χ1) is 16.6. The molecule has 0 aliphatic rings. The van der Waals surface area contributed by atoms with Gasteiger partial charge in [-0.3, -0.25) is 0 Å². The van der Waals surface area contributed by atoms with Gasteiger partial charge in [0.2, 0.25) is 0 Å². The van der Waals surface area contributed by atoms with Crippen LogP contribution in [0.25, 0.3) is 53.9 Å². The standard InChI is InChI=1S/C19H14.C15H12/c1-13-6-7-16-11-18-9-14-4-2-3-5-15(14)10-19(18)12-17(16)8-13;1-11-6-7-14-9-12-4-2-3-5-13(12)10-15(14)8-11/h2-12H,1H3;2-10H,1H3. The summed E-state index contributed by atoms with van der Waals surface area (Å²) < 4.78 is 0. The summed E-state index contributed by atoms with van der Waals surface area (Å²) in [6, 6.07) is 43.9. The minimum Gasteiger partial charge on any atom is -0.0616 e. The molecule has 0 heterocycles. The fourth-order valence-electron chi connectivity index (χ4n) is 4.87. The first kappa shape index (κ1) is 20.4. The van der Waals surface area contributed by atoms with Crippen LogP contribution in [0.5, 0.6) is 0 Å². The van der Waals surface area contributed by atoms with Gasteiger partial charge in [0.05, 0.1) is 0 Å². The zero-order chi connectivity index (χ0) is 23.1. The number of benzene rings is 7. The summed E-state index contributed by atoms with van der Waals surface area (Å²) in [5.74, 6) is 0. The topological polar surface area (TPSA) is 0 Å². The molecule has 0 heteroatoms. The summed E-state index contributed by atoms with van der Waals surface area (Å²) in [7, 11) is 0. The van der Waals surface area contributed by atoms with Gasteiger partial charge in [-0.1, -0.05) is 96.1 Å². The summed E-state index contributed by atoms with van der Waals surface area (Å²) >= 11 is 0. The Kier molecular flexibility index (Phi) is 5.00. The van der Waals surface area contributed by atoms with E-state index in [9.17, 15) is 0 Å². The van der Waals surface area contributed by atoms with Crippen LogP contribution in [-0.2, 0) is 0 Å².